The van der Waals surface area contributed by atoms with E-state index in [2.05, 4.69) is 17.0 Å². The summed E-state index contributed by atoms with van der Waals surface area (Å²) in [6.07, 6.45) is 6.76. The number of para-hydroxylation sites is 1. The molecule has 1 aliphatic heterocycles. The van der Waals surface area contributed by atoms with Gasteiger partial charge in [0.2, 0.25) is 0 Å². The van der Waals surface area contributed by atoms with E-state index >= 15 is 0 Å². The van der Waals surface area contributed by atoms with Gasteiger partial charge in [0.15, 0.2) is 0 Å². The van der Waals surface area contributed by atoms with Gasteiger partial charge in [-0.1, -0.05) is 18.2 Å². The van der Waals surface area contributed by atoms with E-state index in [1.807, 2.05) is 12.1 Å². The summed E-state index contributed by atoms with van der Waals surface area (Å²) >= 11 is 0. The van der Waals surface area contributed by atoms with Gasteiger partial charge in [-0.2, -0.15) is 0 Å². The highest BCUT2D eigenvalue weighted by Crippen LogP contribution is 2.37. The van der Waals surface area contributed by atoms with E-state index in [-0.39, 0.29) is 0 Å². The lowest BCUT2D eigenvalue weighted by atomic mass is 10.1. The van der Waals surface area contributed by atoms with Gasteiger partial charge in [-0.3, -0.25) is 0 Å². The Morgan fingerprint density at radius 1 is 1.24 bits per heavy atom. The Morgan fingerprint density at radius 2 is 2.12 bits per heavy atom. The van der Waals surface area contributed by atoms with Crippen LogP contribution in [0.4, 0.5) is 5.69 Å². The van der Waals surface area contributed by atoms with Crippen molar-refractivity contribution in [3.05, 3.63) is 29.8 Å². The van der Waals surface area contributed by atoms with Crippen LogP contribution in [-0.2, 0) is 6.42 Å². The van der Waals surface area contributed by atoms with Gasteiger partial charge in [0.1, 0.15) is 0 Å². The van der Waals surface area contributed by atoms with E-state index in [0.717, 1.165) is 24.1 Å². The number of benzene rings is 1. The van der Waals surface area contributed by atoms with Gasteiger partial charge in [0.05, 0.1) is 0 Å². The molecule has 0 spiro atoms. The Morgan fingerprint density at radius 3 is 2.82 bits per heavy atom. The average molecular weight is 230 g/mol. The number of likely N-dealkylation sites (tertiary alicyclic amines) is 1. The molecule has 2 heteroatoms. The standard InChI is InChI=1S/C15H22N2/c16-15-6-2-1-4-13(15)5-3-9-17-11-12-7-8-14(17)10-12/h1-2,4,6,12,14H,3,5,7-11,16H2. The van der Waals surface area contributed by atoms with Crippen molar-refractivity contribution in [3.8, 4) is 0 Å². The van der Waals surface area contributed by atoms with Crippen molar-refractivity contribution in [2.24, 2.45) is 5.92 Å². The predicted molar refractivity (Wildman–Crippen MR) is 71.9 cm³/mol. The van der Waals surface area contributed by atoms with Crippen LogP contribution in [0.25, 0.3) is 0 Å². The number of hydrogen-bond donors (Lipinski definition) is 1. The van der Waals surface area contributed by atoms with Gasteiger partial charge in [-0.25, -0.2) is 0 Å². The summed E-state index contributed by atoms with van der Waals surface area (Å²) in [5, 5.41) is 0. The number of nitrogens with two attached hydrogens (primary N) is 1. The maximum Gasteiger partial charge on any atom is 0.0346 e. The van der Waals surface area contributed by atoms with Gasteiger partial charge in [-0.15, -0.1) is 0 Å². The number of nitrogens with zero attached hydrogens (tertiary/aromatic N) is 1. The highest BCUT2D eigenvalue weighted by Gasteiger charge is 2.36. The molecule has 1 heterocycles. The van der Waals surface area contributed by atoms with Crippen LogP contribution >= 0.6 is 0 Å². The van der Waals surface area contributed by atoms with Gasteiger partial charge in [0.25, 0.3) is 0 Å². The van der Waals surface area contributed by atoms with E-state index in [0.29, 0.717) is 0 Å². The van der Waals surface area contributed by atoms with Gasteiger partial charge in [0, 0.05) is 18.3 Å². The summed E-state index contributed by atoms with van der Waals surface area (Å²) in [4.78, 5) is 2.70. The molecule has 2 N–H and O–H groups in total. The van der Waals surface area contributed by atoms with Crippen LogP contribution in [0.5, 0.6) is 0 Å². The predicted octanol–water partition coefficient (Wildman–Crippen LogP) is 2.69. The zero-order valence-corrected chi connectivity index (χ0v) is 10.4. The van der Waals surface area contributed by atoms with Crippen molar-refractivity contribution in [1.82, 2.24) is 4.90 Å². The summed E-state index contributed by atoms with van der Waals surface area (Å²) < 4.78 is 0. The second kappa shape index (κ2) is 4.69. The number of aryl methyl sites for hydroxylation is 1. The molecule has 0 amide bonds. The summed E-state index contributed by atoms with van der Waals surface area (Å²) in [6, 6.07) is 9.17. The third-order valence-electron chi connectivity index (χ3n) is 4.47. The minimum atomic E-state index is 0.910. The molecule has 92 valence electrons. The molecule has 1 saturated heterocycles. The van der Waals surface area contributed by atoms with E-state index in [4.69, 9.17) is 5.73 Å². The van der Waals surface area contributed by atoms with Crippen molar-refractivity contribution in [2.75, 3.05) is 18.8 Å². The van der Waals surface area contributed by atoms with E-state index in [1.54, 1.807) is 0 Å². The van der Waals surface area contributed by atoms with Crippen molar-refractivity contribution in [2.45, 2.75) is 38.1 Å². The first-order valence-corrected chi connectivity index (χ1v) is 6.90. The normalized spacial score (nSPS) is 27.8. The van der Waals surface area contributed by atoms with E-state index < -0.39 is 0 Å². The van der Waals surface area contributed by atoms with Gasteiger partial charge < -0.3 is 10.6 Å². The fourth-order valence-corrected chi connectivity index (χ4v) is 3.54. The second-order valence-corrected chi connectivity index (χ2v) is 5.63. The number of rotatable bonds is 4. The summed E-state index contributed by atoms with van der Waals surface area (Å²) in [5.41, 5.74) is 8.23. The van der Waals surface area contributed by atoms with Crippen LogP contribution < -0.4 is 5.73 Å². The number of anilines is 1. The molecule has 2 fully saturated rings. The van der Waals surface area contributed by atoms with Crippen molar-refractivity contribution >= 4 is 5.69 Å². The SMILES string of the molecule is Nc1ccccc1CCCN1CC2CCC1C2. The van der Waals surface area contributed by atoms with E-state index in [1.165, 1.54) is 44.3 Å². The molecular weight excluding hydrogens is 208 g/mol. The van der Waals surface area contributed by atoms with Crippen LogP contribution in [0.2, 0.25) is 0 Å². The number of nitrogen functional groups attached to an aromatic ring is 1. The summed E-state index contributed by atoms with van der Waals surface area (Å²) in [6.45, 7) is 2.62. The first-order chi connectivity index (χ1) is 8.33. The maximum absolute atomic E-state index is 5.96. The molecule has 1 aliphatic carbocycles. The largest absolute Gasteiger partial charge is 0.399 e. The molecule has 1 aromatic carbocycles. The molecule has 0 aromatic heterocycles. The molecule has 2 atom stereocenters. The lowest BCUT2D eigenvalue weighted by Crippen LogP contribution is -2.33. The van der Waals surface area contributed by atoms with Crippen molar-refractivity contribution < 1.29 is 0 Å². The van der Waals surface area contributed by atoms with Crippen molar-refractivity contribution in [1.29, 1.82) is 0 Å². The zero-order chi connectivity index (χ0) is 11.7. The molecule has 2 unspecified atom stereocenters. The number of hydrogen-bond acceptors (Lipinski definition) is 2. The molecule has 2 aliphatic rings. The van der Waals surface area contributed by atoms with Crippen LogP contribution in [0.15, 0.2) is 24.3 Å². The molecule has 1 aromatic rings. The molecule has 1 saturated carbocycles. The quantitative estimate of drug-likeness (QED) is 0.806. The second-order valence-electron chi connectivity index (χ2n) is 5.63. The Hall–Kier alpha value is -1.02. The Balaban J connectivity index is 1.48. The lowest BCUT2D eigenvalue weighted by Gasteiger charge is -2.26. The maximum atomic E-state index is 5.96. The monoisotopic (exact) mass is 230 g/mol. The summed E-state index contributed by atoms with van der Waals surface area (Å²) in [5.74, 6) is 1.02. The third kappa shape index (κ3) is 2.32. The smallest absolute Gasteiger partial charge is 0.0346 e. The first-order valence-electron chi connectivity index (χ1n) is 6.90. The molecule has 17 heavy (non-hydrogen) atoms. The Kier molecular flexibility index (Phi) is 3.06. The van der Waals surface area contributed by atoms with Gasteiger partial charge in [-0.05, 0) is 56.2 Å². The van der Waals surface area contributed by atoms with Crippen molar-refractivity contribution in [3.63, 3.8) is 0 Å². The lowest BCUT2D eigenvalue weighted by molar-refractivity contribution is 0.211. The van der Waals surface area contributed by atoms with Crippen LogP contribution in [0.3, 0.4) is 0 Å². The molecular formula is C15H22N2. The Bertz CT molecular complexity index is 388. The first kappa shape index (κ1) is 11.1. The van der Waals surface area contributed by atoms with Crippen LogP contribution in [-0.4, -0.2) is 24.0 Å². The fourth-order valence-electron chi connectivity index (χ4n) is 3.54. The van der Waals surface area contributed by atoms with E-state index in [9.17, 15) is 0 Å². The van der Waals surface area contributed by atoms with Crippen LogP contribution in [0.1, 0.15) is 31.2 Å². The topological polar surface area (TPSA) is 29.3 Å². The summed E-state index contributed by atoms with van der Waals surface area (Å²) in [7, 11) is 0. The Labute approximate surface area is 104 Å². The minimum Gasteiger partial charge on any atom is -0.399 e. The third-order valence-corrected chi connectivity index (χ3v) is 4.47. The minimum absolute atomic E-state index is 0.910. The number of piperidine rings is 1. The number of fused-ring (bicyclic) bond motifs is 2. The molecule has 0 radical (unpaired) electrons. The van der Waals surface area contributed by atoms with Gasteiger partial charge >= 0.3 is 0 Å². The molecule has 3 rings (SSSR count). The fraction of sp³-hybridized carbons (Fsp3) is 0.600. The zero-order valence-electron chi connectivity index (χ0n) is 10.4. The molecule has 2 bridgehead atoms. The van der Waals surface area contributed by atoms with Crippen LogP contribution in [0, 0.1) is 5.92 Å². The highest BCUT2D eigenvalue weighted by atomic mass is 15.2. The molecule has 2 nitrogen and oxygen atoms in total. The average Bonchev–Trinajstić information content (AvgIpc) is 2.94. The highest BCUT2D eigenvalue weighted by molar-refractivity contribution is 5.46.